The second-order valence-corrected chi connectivity index (χ2v) is 5.38. The predicted molar refractivity (Wildman–Crippen MR) is 61.5 cm³/mol. The molecule has 1 rings (SSSR count). The highest BCUT2D eigenvalue weighted by atomic mass is 14.6. The number of pyridine rings is 1. The molecule has 1 heterocycles. The highest BCUT2D eigenvalue weighted by molar-refractivity contribution is 5.30. The van der Waals surface area contributed by atoms with Gasteiger partial charge in [-0.15, -0.1) is 0 Å². The van der Waals surface area contributed by atoms with E-state index < -0.39 is 0 Å². The molecule has 0 fully saturated rings. The SMILES string of the molecule is CC(C)Cc1cnccc1C(C)(C)C. The van der Waals surface area contributed by atoms with Crippen LogP contribution in [0.15, 0.2) is 18.5 Å². The Balaban J connectivity index is 3.04. The molecule has 0 N–H and O–H groups in total. The van der Waals surface area contributed by atoms with Crippen molar-refractivity contribution in [3.63, 3.8) is 0 Å². The van der Waals surface area contributed by atoms with Crippen LogP contribution < -0.4 is 0 Å². The molecular formula is C13H21N. The summed E-state index contributed by atoms with van der Waals surface area (Å²) in [5.41, 5.74) is 3.06. The Morgan fingerprint density at radius 3 is 2.43 bits per heavy atom. The summed E-state index contributed by atoms with van der Waals surface area (Å²) in [4.78, 5) is 4.21. The molecule has 78 valence electrons. The predicted octanol–water partition coefficient (Wildman–Crippen LogP) is 3.58. The number of aromatic nitrogens is 1. The standard InChI is InChI=1S/C13H21N/c1-10(2)8-11-9-14-7-6-12(11)13(3,4)5/h6-7,9-10H,8H2,1-5H3. The average molecular weight is 191 g/mol. The Kier molecular flexibility index (Phi) is 3.30. The zero-order chi connectivity index (χ0) is 10.8. The minimum Gasteiger partial charge on any atom is -0.264 e. The van der Waals surface area contributed by atoms with Gasteiger partial charge in [-0.05, 0) is 34.9 Å². The van der Waals surface area contributed by atoms with Crippen LogP contribution in [0.2, 0.25) is 0 Å². The largest absolute Gasteiger partial charge is 0.264 e. The van der Waals surface area contributed by atoms with Gasteiger partial charge in [-0.1, -0.05) is 34.6 Å². The maximum Gasteiger partial charge on any atom is 0.0302 e. The molecule has 0 aromatic carbocycles. The Hall–Kier alpha value is -0.850. The lowest BCUT2D eigenvalue weighted by atomic mass is 9.83. The molecule has 0 bridgehead atoms. The van der Waals surface area contributed by atoms with Crippen LogP contribution in [0.25, 0.3) is 0 Å². The summed E-state index contributed by atoms with van der Waals surface area (Å²) in [7, 11) is 0. The van der Waals surface area contributed by atoms with Crippen LogP contribution in [-0.4, -0.2) is 4.98 Å². The normalized spacial score (nSPS) is 12.1. The van der Waals surface area contributed by atoms with E-state index in [9.17, 15) is 0 Å². The number of nitrogens with zero attached hydrogens (tertiary/aromatic N) is 1. The molecule has 0 amide bonds. The van der Waals surface area contributed by atoms with Gasteiger partial charge in [-0.25, -0.2) is 0 Å². The van der Waals surface area contributed by atoms with E-state index in [4.69, 9.17) is 0 Å². The van der Waals surface area contributed by atoms with Gasteiger partial charge in [-0.3, -0.25) is 4.98 Å². The minimum atomic E-state index is 0.229. The Labute approximate surface area is 87.6 Å². The molecule has 1 aromatic rings. The van der Waals surface area contributed by atoms with Crippen molar-refractivity contribution < 1.29 is 0 Å². The summed E-state index contributed by atoms with van der Waals surface area (Å²) in [6.07, 6.45) is 5.03. The maximum atomic E-state index is 4.21. The molecule has 0 aliphatic carbocycles. The van der Waals surface area contributed by atoms with Crippen molar-refractivity contribution in [1.29, 1.82) is 0 Å². The summed E-state index contributed by atoms with van der Waals surface area (Å²) >= 11 is 0. The third-order valence-corrected chi connectivity index (χ3v) is 2.34. The van der Waals surface area contributed by atoms with Crippen LogP contribution in [0.1, 0.15) is 45.7 Å². The second-order valence-electron chi connectivity index (χ2n) is 5.38. The van der Waals surface area contributed by atoms with Gasteiger partial charge < -0.3 is 0 Å². The lowest BCUT2D eigenvalue weighted by molar-refractivity contribution is 0.565. The summed E-state index contributed by atoms with van der Waals surface area (Å²) < 4.78 is 0. The highest BCUT2D eigenvalue weighted by Crippen LogP contribution is 2.26. The van der Waals surface area contributed by atoms with Crippen LogP contribution in [0, 0.1) is 5.92 Å². The van der Waals surface area contributed by atoms with Gasteiger partial charge in [0.15, 0.2) is 0 Å². The smallest absolute Gasteiger partial charge is 0.0302 e. The summed E-state index contributed by atoms with van der Waals surface area (Å²) in [6, 6.07) is 2.15. The summed E-state index contributed by atoms with van der Waals surface area (Å²) in [5.74, 6) is 0.695. The van der Waals surface area contributed by atoms with Crippen molar-refractivity contribution in [2.75, 3.05) is 0 Å². The van der Waals surface area contributed by atoms with Gasteiger partial charge in [0.05, 0.1) is 0 Å². The van der Waals surface area contributed by atoms with Crippen molar-refractivity contribution >= 4 is 0 Å². The van der Waals surface area contributed by atoms with Crippen molar-refractivity contribution in [2.24, 2.45) is 5.92 Å². The molecule has 1 heteroatoms. The van der Waals surface area contributed by atoms with Gasteiger partial charge in [0, 0.05) is 12.4 Å². The van der Waals surface area contributed by atoms with Crippen molar-refractivity contribution in [3.05, 3.63) is 29.6 Å². The monoisotopic (exact) mass is 191 g/mol. The lowest BCUT2D eigenvalue weighted by Crippen LogP contribution is -2.15. The van der Waals surface area contributed by atoms with E-state index in [1.54, 1.807) is 0 Å². The van der Waals surface area contributed by atoms with E-state index in [2.05, 4.69) is 45.7 Å². The number of hydrogen-bond donors (Lipinski definition) is 0. The van der Waals surface area contributed by atoms with Gasteiger partial charge in [0.2, 0.25) is 0 Å². The molecule has 0 saturated heterocycles. The third kappa shape index (κ3) is 2.83. The summed E-state index contributed by atoms with van der Waals surface area (Å²) in [5, 5.41) is 0. The van der Waals surface area contributed by atoms with E-state index in [0.29, 0.717) is 5.92 Å². The maximum absolute atomic E-state index is 4.21. The topological polar surface area (TPSA) is 12.9 Å². The molecule has 0 saturated carbocycles. The fraction of sp³-hybridized carbons (Fsp3) is 0.615. The fourth-order valence-electron chi connectivity index (χ4n) is 1.76. The zero-order valence-corrected chi connectivity index (χ0v) is 9.96. The van der Waals surface area contributed by atoms with E-state index in [1.807, 2.05) is 12.4 Å². The molecule has 0 unspecified atom stereocenters. The molecule has 0 atom stereocenters. The van der Waals surface area contributed by atoms with Crippen LogP contribution in [-0.2, 0) is 11.8 Å². The third-order valence-electron chi connectivity index (χ3n) is 2.34. The van der Waals surface area contributed by atoms with Gasteiger partial charge in [0.1, 0.15) is 0 Å². The van der Waals surface area contributed by atoms with E-state index in [0.717, 1.165) is 6.42 Å². The van der Waals surface area contributed by atoms with Gasteiger partial charge in [0.25, 0.3) is 0 Å². The molecule has 0 radical (unpaired) electrons. The lowest BCUT2D eigenvalue weighted by Gasteiger charge is -2.23. The molecule has 0 spiro atoms. The van der Waals surface area contributed by atoms with Crippen molar-refractivity contribution in [2.45, 2.75) is 46.5 Å². The first-order valence-electron chi connectivity index (χ1n) is 5.34. The Bertz CT molecular complexity index is 294. The van der Waals surface area contributed by atoms with E-state index in [-0.39, 0.29) is 5.41 Å². The molecule has 0 aliphatic rings. The van der Waals surface area contributed by atoms with Crippen LogP contribution >= 0.6 is 0 Å². The number of hydrogen-bond acceptors (Lipinski definition) is 1. The zero-order valence-electron chi connectivity index (χ0n) is 9.96. The first-order chi connectivity index (χ1) is 6.41. The molecule has 0 aliphatic heterocycles. The fourth-order valence-corrected chi connectivity index (χ4v) is 1.76. The number of rotatable bonds is 2. The average Bonchev–Trinajstić information content (AvgIpc) is 2.01. The second kappa shape index (κ2) is 4.12. The first kappa shape index (κ1) is 11.2. The van der Waals surface area contributed by atoms with E-state index in [1.165, 1.54) is 11.1 Å². The van der Waals surface area contributed by atoms with Crippen LogP contribution in [0.5, 0.6) is 0 Å². The Morgan fingerprint density at radius 1 is 1.29 bits per heavy atom. The molecule has 14 heavy (non-hydrogen) atoms. The Morgan fingerprint density at radius 2 is 1.93 bits per heavy atom. The van der Waals surface area contributed by atoms with Gasteiger partial charge >= 0.3 is 0 Å². The minimum absolute atomic E-state index is 0.229. The van der Waals surface area contributed by atoms with Crippen molar-refractivity contribution in [1.82, 2.24) is 4.98 Å². The molecule has 1 nitrogen and oxygen atoms in total. The van der Waals surface area contributed by atoms with Gasteiger partial charge in [-0.2, -0.15) is 0 Å². The van der Waals surface area contributed by atoms with Crippen molar-refractivity contribution in [3.8, 4) is 0 Å². The quantitative estimate of drug-likeness (QED) is 0.696. The highest BCUT2D eigenvalue weighted by Gasteiger charge is 2.17. The van der Waals surface area contributed by atoms with Crippen LogP contribution in [0.3, 0.4) is 0 Å². The molecular weight excluding hydrogens is 170 g/mol. The summed E-state index contributed by atoms with van der Waals surface area (Å²) in [6.45, 7) is 11.3. The van der Waals surface area contributed by atoms with E-state index >= 15 is 0 Å². The molecule has 1 aromatic heterocycles. The van der Waals surface area contributed by atoms with Crippen LogP contribution in [0.4, 0.5) is 0 Å². The first-order valence-corrected chi connectivity index (χ1v) is 5.34.